The van der Waals surface area contributed by atoms with Gasteiger partial charge in [0, 0.05) is 6.04 Å². The van der Waals surface area contributed by atoms with Crippen LogP contribution >= 0.6 is 11.8 Å². The third kappa shape index (κ3) is 7.27. The van der Waals surface area contributed by atoms with E-state index in [1.807, 2.05) is 18.7 Å². The van der Waals surface area contributed by atoms with E-state index in [4.69, 9.17) is 4.74 Å². The monoisotopic (exact) mass is 275 g/mol. The van der Waals surface area contributed by atoms with E-state index in [-0.39, 0.29) is 12.0 Å². The summed E-state index contributed by atoms with van der Waals surface area (Å²) in [6.07, 6.45) is 4.29. The van der Waals surface area contributed by atoms with Gasteiger partial charge in [0.05, 0.1) is 7.11 Å². The number of hydrogen-bond donors (Lipinski definition) is 1. The lowest BCUT2D eigenvalue weighted by Gasteiger charge is -2.30. The molecule has 0 radical (unpaired) electrons. The molecule has 3 nitrogen and oxygen atoms in total. The van der Waals surface area contributed by atoms with E-state index in [1.165, 1.54) is 25.0 Å². The number of unbranched alkanes of at least 4 members (excludes halogenated alkanes) is 1. The standard InChI is InChI=1S/C14H29NO2S/c1-6-10-18-11-8-7-9-14(4,13(16)17-5)15-12(2)3/h12,15H,6-11H2,1-5H3. The number of carbonyl (C=O) groups is 1. The fourth-order valence-electron chi connectivity index (χ4n) is 2.02. The SMILES string of the molecule is CCCSCCCCC(C)(NC(C)C)C(=O)OC. The number of nitrogens with one attached hydrogen (secondary N) is 1. The Morgan fingerprint density at radius 1 is 1.33 bits per heavy atom. The Labute approximate surface area is 116 Å². The van der Waals surface area contributed by atoms with Crippen molar-refractivity contribution in [2.24, 2.45) is 0 Å². The van der Waals surface area contributed by atoms with Gasteiger partial charge in [-0.25, -0.2) is 0 Å². The van der Waals surface area contributed by atoms with E-state index >= 15 is 0 Å². The second-order valence-electron chi connectivity index (χ2n) is 5.19. The van der Waals surface area contributed by atoms with Crippen molar-refractivity contribution in [3.05, 3.63) is 0 Å². The molecular formula is C14H29NO2S. The molecule has 0 saturated heterocycles. The van der Waals surface area contributed by atoms with Crippen molar-refractivity contribution in [1.82, 2.24) is 5.32 Å². The van der Waals surface area contributed by atoms with Gasteiger partial charge in [-0.2, -0.15) is 11.8 Å². The zero-order valence-electron chi connectivity index (χ0n) is 12.5. The van der Waals surface area contributed by atoms with Crippen molar-refractivity contribution in [2.45, 2.75) is 65.0 Å². The van der Waals surface area contributed by atoms with Gasteiger partial charge >= 0.3 is 5.97 Å². The summed E-state index contributed by atoms with van der Waals surface area (Å²) in [5.74, 6) is 2.27. The first-order valence-electron chi connectivity index (χ1n) is 6.90. The largest absolute Gasteiger partial charge is 0.468 e. The number of thioether (sulfide) groups is 1. The minimum atomic E-state index is -0.543. The van der Waals surface area contributed by atoms with Crippen LogP contribution in [0.15, 0.2) is 0 Å². The Bertz CT molecular complexity index is 234. The van der Waals surface area contributed by atoms with Crippen molar-refractivity contribution in [2.75, 3.05) is 18.6 Å². The molecule has 0 fully saturated rings. The zero-order valence-corrected chi connectivity index (χ0v) is 13.4. The lowest BCUT2D eigenvalue weighted by Crippen LogP contribution is -2.52. The maximum atomic E-state index is 11.8. The van der Waals surface area contributed by atoms with Crippen LogP contribution < -0.4 is 5.32 Å². The molecule has 4 heteroatoms. The molecule has 0 aromatic heterocycles. The van der Waals surface area contributed by atoms with Crippen LogP contribution in [0.1, 0.15) is 53.4 Å². The summed E-state index contributed by atoms with van der Waals surface area (Å²) in [6.45, 7) is 8.25. The van der Waals surface area contributed by atoms with Crippen LogP contribution in [0, 0.1) is 0 Å². The summed E-state index contributed by atoms with van der Waals surface area (Å²) in [5, 5.41) is 3.33. The molecule has 18 heavy (non-hydrogen) atoms. The molecular weight excluding hydrogens is 246 g/mol. The molecule has 0 heterocycles. The maximum absolute atomic E-state index is 11.8. The molecule has 108 valence electrons. The van der Waals surface area contributed by atoms with Crippen molar-refractivity contribution >= 4 is 17.7 Å². The Morgan fingerprint density at radius 2 is 2.00 bits per heavy atom. The lowest BCUT2D eigenvalue weighted by atomic mass is 9.94. The molecule has 0 aliphatic carbocycles. The Hall–Kier alpha value is -0.220. The Kier molecular flexibility index (Phi) is 9.56. The van der Waals surface area contributed by atoms with Gasteiger partial charge in [0.2, 0.25) is 0 Å². The van der Waals surface area contributed by atoms with Crippen molar-refractivity contribution in [1.29, 1.82) is 0 Å². The molecule has 0 rings (SSSR count). The molecule has 0 aliphatic rings. The highest BCUT2D eigenvalue weighted by atomic mass is 32.2. The van der Waals surface area contributed by atoms with Crippen LogP contribution in [0.3, 0.4) is 0 Å². The fourth-order valence-corrected chi connectivity index (χ4v) is 2.93. The first kappa shape index (κ1) is 17.8. The predicted molar refractivity (Wildman–Crippen MR) is 80.2 cm³/mol. The Balaban J connectivity index is 4.05. The molecule has 1 atom stereocenters. The highest BCUT2D eigenvalue weighted by Crippen LogP contribution is 2.18. The van der Waals surface area contributed by atoms with Crippen molar-refractivity contribution in [3.63, 3.8) is 0 Å². The molecule has 0 aliphatic heterocycles. The minimum absolute atomic E-state index is 0.155. The normalized spacial score (nSPS) is 14.6. The topological polar surface area (TPSA) is 38.3 Å². The highest BCUT2D eigenvalue weighted by Gasteiger charge is 2.33. The van der Waals surface area contributed by atoms with E-state index in [1.54, 1.807) is 0 Å². The van der Waals surface area contributed by atoms with Crippen molar-refractivity contribution in [3.8, 4) is 0 Å². The van der Waals surface area contributed by atoms with Gasteiger partial charge < -0.3 is 4.74 Å². The average molecular weight is 275 g/mol. The van der Waals surface area contributed by atoms with Crippen LogP contribution in [-0.4, -0.2) is 36.2 Å². The number of carbonyl (C=O) groups excluding carboxylic acids is 1. The summed E-state index contributed by atoms with van der Waals surface area (Å²) in [4.78, 5) is 11.8. The number of rotatable bonds is 10. The third-order valence-corrected chi connectivity index (χ3v) is 4.08. The van der Waals surface area contributed by atoms with Crippen LogP contribution in [0.4, 0.5) is 0 Å². The van der Waals surface area contributed by atoms with Gasteiger partial charge in [-0.05, 0) is 51.5 Å². The zero-order chi connectivity index (χ0) is 14.0. The second-order valence-corrected chi connectivity index (χ2v) is 6.42. The summed E-state index contributed by atoms with van der Waals surface area (Å²) < 4.78 is 4.91. The van der Waals surface area contributed by atoms with Crippen LogP contribution in [0.5, 0.6) is 0 Å². The number of esters is 1. The van der Waals surface area contributed by atoms with Crippen LogP contribution in [0.2, 0.25) is 0 Å². The van der Waals surface area contributed by atoms with E-state index in [0.29, 0.717) is 0 Å². The molecule has 0 aromatic carbocycles. The smallest absolute Gasteiger partial charge is 0.325 e. The van der Waals surface area contributed by atoms with Crippen LogP contribution in [0.25, 0.3) is 0 Å². The maximum Gasteiger partial charge on any atom is 0.325 e. The molecule has 0 aromatic rings. The third-order valence-electron chi connectivity index (χ3n) is 2.81. The van der Waals surface area contributed by atoms with Gasteiger partial charge in [0.1, 0.15) is 5.54 Å². The van der Waals surface area contributed by atoms with E-state index in [0.717, 1.165) is 19.3 Å². The number of methoxy groups -OCH3 is 1. The lowest BCUT2D eigenvalue weighted by molar-refractivity contribution is -0.148. The van der Waals surface area contributed by atoms with E-state index in [2.05, 4.69) is 26.1 Å². The van der Waals surface area contributed by atoms with Gasteiger partial charge in [0.15, 0.2) is 0 Å². The molecule has 0 amide bonds. The van der Waals surface area contributed by atoms with E-state index in [9.17, 15) is 4.79 Å². The first-order valence-corrected chi connectivity index (χ1v) is 8.05. The highest BCUT2D eigenvalue weighted by molar-refractivity contribution is 7.99. The summed E-state index contributed by atoms with van der Waals surface area (Å²) in [5.41, 5.74) is -0.543. The van der Waals surface area contributed by atoms with E-state index < -0.39 is 5.54 Å². The molecule has 0 saturated carbocycles. The Morgan fingerprint density at radius 3 is 2.50 bits per heavy atom. The fraction of sp³-hybridized carbons (Fsp3) is 0.929. The first-order chi connectivity index (χ1) is 8.46. The second kappa shape index (κ2) is 9.68. The number of ether oxygens (including phenoxy) is 1. The van der Waals surface area contributed by atoms with Gasteiger partial charge in [-0.15, -0.1) is 0 Å². The van der Waals surface area contributed by atoms with Crippen LogP contribution in [-0.2, 0) is 9.53 Å². The van der Waals surface area contributed by atoms with Gasteiger partial charge in [0.25, 0.3) is 0 Å². The molecule has 1 unspecified atom stereocenters. The predicted octanol–water partition coefficient (Wildman–Crippen LogP) is 3.23. The quantitative estimate of drug-likeness (QED) is 0.491. The van der Waals surface area contributed by atoms with Crippen molar-refractivity contribution < 1.29 is 9.53 Å². The molecule has 1 N–H and O–H groups in total. The molecule has 0 spiro atoms. The molecule has 0 bridgehead atoms. The minimum Gasteiger partial charge on any atom is -0.468 e. The van der Waals surface area contributed by atoms with Gasteiger partial charge in [-0.1, -0.05) is 13.3 Å². The summed E-state index contributed by atoms with van der Waals surface area (Å²) in [6, 6.07) is 0.281. The van der Waals surface area contributed by atoms with Gasteiger partial charge in [-0.3, -0.25) is 10.1 Å². The number of hydrogen-bond acceptors (Lipinski definition) is 4. The summed E-state index contributed by atoms with van der Waals surface area (Å²) in [7, 11) is 1.46. The average Bonchev–Trinajstić information content (AvgIpc) is 2.31. The summed E-state index contributed by atoms with van der Waals surface area (Å²) >= 11 is 2.00.